The fourth-order valence-corrected chi connectivity index (χ4v) is 2.00. The number of nitrogens with one attached hydrogen (secondary N) is 1. The highest BCUT2D eigenvalue weighted by Gasteiger charge is 2.14. The van der Waals surface area contributed by atoms with Gasteiger partial charge < -0.3 is 14.8 Å². The number of furan rings is 1. The van der Waals surface area contributed by atoms with Crippen molar-refractivity contribution in [1.29, 1.82) is 0 Å². The van der Waals surface area contributed by atoms with Gasteiger partial charge in [-0.2, -0.15) is 0 Å². The molecule has 0 saturated heterocycles. The maximum Gasteiger partial charge on any atom is 0.251 e. The molecule has 0 unspecified atom stereocenters. The summed E-state index contributed by atoms with van der Waals surface area (Å²) in [6, 6.07) is 9.21. The number of amides is 1. The second-order valence-electron chi connectivity index (χ2n) is 4.99. The molecule has 0 aliphatic heterocycles. The Bertz CT molecular complexity index is 616. The van der Waals surface area contributed by atoms with Crippen LogP contribution in [0.2, 0.25) is 0 Å². The highest BCUT2D eigenvalue weighted by atomic mass is 16.4. The van der Waals surface area contributed by atoms with Crippen LogP contribution < -0.4 is 5.32 Å². The van der Waals surface area contributed by atoms with Crippen molar-refractivity contribution in [1.82, 2.24) is 5.32 Å². The number of benzene rings is 1. The Balaban J connectivity index is 2.00. The normalized spacial score (nSPS) is 12.2. The van der Waals surface area contributed by atoms with Crippen LogP contribution in [0.25, 0.3) is 0 Å². The summed E-state index contributed by atoms with van der Waals surface area (Å²) in [4.78, 5) is 12.1. The first-order valence-corrected chi connectivity index (χ1v) is 6.57. The molecule has 0 saturated carbocycles. The molecule has 1 aromatic carbocycles. The molecule has 1 aromatic heterocycles. The van der Waals surface area contributed by atoms with Gasteiger partial charge in [0.25, 0.3) is 5.91 Å². The molecule has 2 aromatic rings. The molecular formula is C16H19NO3. The van der Waals surface area contributed by atoms with Crippen LogP contribution in [0.4, 0.5) is 0 Å². The summed E-state index contributed by atoms with van der Waals surface area (Å²) in [6.07, 6.45) is -0.835. The number of carbonyl (C=O) groups is 1. The second-order valence-corrected chi connectivity index (χ2v) is 4.99. The minimum atomic E-state index is -0.835. The molecule has 2 N–H and O–H groups in total. The predicted octanol–water partition coefficient (Wildman–Crippen LogP) is 2.67. The zero-order valence-electron chi connectivity index (χ0n) is 11.9. The van der Waals surface area contributed by atoms with Gasteiger partial charge in [-0.3, -0.25) is 4.79 Å². The van der Waals surface area contributed by atoms with Gasteiger partial charge in [-0.1, -0.05) is 17.7 Å². The number of aliphatic hydroxyl groups is 1. The fourth-order valence-electron chi connectivity index (χ4n) is 2.00. The van der Waals surface area contributed by atoms with Gasteiger partial charge in [0.05, 0.1) is 6.54 Å². The molecule has 106 valence electrons. The summed E-state index contributed by atoms with van der Waals surface area (Å²) in [5.74, 6) is 1.01. The first-order valence-electron chi connectivity index (χ1n) is 6.57. The third-order valence-corrected chi connectivity index (χ3v) is 3.18. The number of hydrogen-bond acceptors (Lipinski definition) is 3. The highest BCUT2D eigenvalue weighted by Crippen LogP contribution is 2.16. The van der Waals surface area contributed by atoms with Gasteiger partial charge in [-0.25, -0.2) is 0 Å². The number of aryl methyl sites for hydroxylation is 3. The van der Waals surface area contributed by atoms with Gasteiger partial charge in [0.15, 0.2) is 0 Å². The summed E-state index contributed by atoms with van der Waals surface area (Å²) in [6.45, 7) is 5.77. The summed E-state index contributed by atoms with van der Waals surface area (Å²) in [5, 5.41) is 12.7. The largest absolute Gasteiger partial charge is 0.464 e. The molecule has 0 bridgehead atoms. The van der Waals surface area contributed by atoms with Crippen LogP contribution in [-0.4, -0.2) is 17.6 Å². The molecule has 1 atom stereocenters. The van der Waals surface area contributed by atoms with Crippen LogP contribution in [0.5, 0.6) is 0 Å². The SMILES string of the molecule is Cc1ccc(C)c(C(=O)NC[C@H](O)c2ccc(C)o2)c1. The lowest BCUT2D eigenvalue weighted by Gasteiger charge is -2.11. The Morgan fingerprint density at radius 2 is 2.00 bits per heavy atom. The van der Waals surface area contributed by atoms with Gasteiger partial charge in [-0.15, -0.1) is 0 Å². The summed E-state index contributed by atoms with van der Waals surface area (Å²) >= 11 is 0. The standard InChI is InChI=1S/C16H19NO3/c1-10-4-5-11(2)13(8-10)16(19)17-9-14(18)15-7-6-12(3)20-15/h4-8,14,18H,9H2,1-3H3,(H,17,19)/t14-/m0/s1. The van der Waals surface area contributed by atoms with Crippen molar-refractivity contribution in [3.8, 4) is 0 Å². The van der Waals surface area contributed by atoms with Crippen molar-refractivity contribution >= 4 is 5.91 Å². The Morgan fingerprint density at radius 3 is 2.65 bits per heavy atom. The van der Waals surface area contributed by atoms with E-state index in [1.807, 2.05) is 39.0 Å². The van der Waals surface area contributed by atoms with Crippen LogP contribution in [0.15, 0.2) is 34.7 Å². The Kier molecular flexibility index (Phi) is 4.25. The number of aliphatic hydroxyl groups excluding tert-OH is 1. The van der Waals surface area contributed by atoms with E-state index in [0.717, 1.165) is 16.9 Å². The van der Waals surface area contributed by atoms with Gasteiger partial charge in [-0.05, 0) is 44.5 Å². The molecule has 4 nitrogen and oxygen atoms in total. The summed E-state index contributed by atoms with van der Waals surface area (Å²) < 4.78 is 5.32. The average molecular weight is 273 g/mol. The molecule has 0 aliphatic carbocycles. The van der Waals surface area contributed by atoms with Crippen molar-refractivity contribution in [2.75, 3.05) is 6.54 Å². The summed E-state index contributed by atoms with van der Waals surface area (Å²) in [5.41, 5.74) is 2.58. The molecule has 0 aliphatic rings. The van der Waals surface area contributed by atoms with Gasteiger partial charge in [0.2, 0.25) is 0 Å². The van der Waals surface area contributed by atoms with Crippen LogP contribution in [0.1, 0.15) is 39.1 Å². The van der Waals surface area contributed by atoms with Crippen molar-refractivity contribution < 1.29 is 14.3 Å². The molecule has 0 fully saturated rings. The first-order chi connectivity index (χ1) is 9.47. The van der Waals surface area contributed by atoms with E-state index in [9.17, 15) is 9.90 Å². The molecule has 2 rings (SSSR count). The van der Waals surface area contributed by atoms with Gasteiger partial charge >= 0.3 is 0 Å². The van der Waals surface area contributed by atoms with Crippen LogP contribution in [-0.2, 0) is 0 Å². The van der Waals surface area contributed by atoms with Crippen molar-refractivity contribution in [3.05, 3.63) is 58.5 Å². The summed E-state index contributed by atoms with van der Waals surface area (Å²) in [7, 11) is 0. The molecule has 4 heteroatoms. The Hall–Kier alpha value is -2.07. The van der Waals surface area contributed by atoms with E-state index in [1.54, 1.807) is 12.1 Å². The lowest BCUT2D eigenvalue weighted by Crippen LogP contribution is -2.28. The second kappa shape index (κ2) is 5.92. The minimum absolute atomic E-state index is 0.124. The number of hydrogen-bond donors (Lipinski definition) is 2. The maximum absolute atomic E-state index is 12.1. The van der Waals surface area contributed by atoms with Crippen LogP contribution >= 0.6 is 0 Å². The van der Waals surface area contributed by atoms with Gasteiger partial charge in [0, 0.05) is 5.56 Å². The molecule has 0 radical (unpaired) electrons. The molecular weight excluding hydrogens is 254 g/mol. The van der Waals surface area contributed by atoms with Crippen molar-refractivity contribution in [2.45, 2.75) is 26.9 Å². The monoisotopic (exact) mass is 273 g/mol. The van der Waals surface area contributed by atoms with Crippen LogP contribution in [0, 0.1) is 20.8 Å². The fraction of sp³-hybridized carbons (Fsp3) is 0.312. The minimum Gasteiger partial charge on any atom is -0.464 e. The maximum atomic E-state index is 12.1. The van der Waals surface area contributed by atoms with Crippen molar-refractivity contribution in [3.63, 3.8) is 0 Å². The van der Waals surface area contributed by atoms with E-state index >= 15 is 0 Å². The Morgan fingerprint density at radius 1 is 1.25 bits per heavy atom. The van der Waals surface area contributed by atoms with Crippen molar-refractivity contribution in [2.24, 2.45) is 0 Å². The van der Waals surface area contributed by atoms with E-state index in [2.05, 4.69) is 5.32 Å². The smallest absolute Gasteiger partial charge is 0.251 e. The van der Waals surface area contributed by atoms with E-state index in [0.29, 0.717) is 11.3 Å². The van der Waals surface area contributed by atoms with E-state index in [4.69, 9.17) is 4.42 Å². The van der Waals surface area contributed by atoms with E-state index < -0.39 is 6.10 Å². The third kappa shape index (κ3) is 3.27. The molecule has 1 amide bonds. The quantitative estimate of drug-likeness (QED) is 0.900. The molecule has 20 heavy (non-hydrogen) atoms. The lowest BCUT2D eigenvalue weighted by molar-refractivity contribution is 0.0899. The lowest BCUT2D eigenvalue weighted by atomic mass is 10.1. The molecule has 0 spiro atoms. The average Bonchev–Trinajstić information content (AvgIpc) is 2.85. The van der Waals surface area contributed by atoms with Crippen LogP contribution in [0.3, 0.4) is 0 Å². The van der Waals surface area contributed by atoms with Gasteiger partial charge in [0.1, 0.15) is 17.6 Å². The number of rotatable bonds is 4. The first kappa shape index (κ1) is 14.3. The predicted molar refractivity (Wildman–Crippen MR) is 76.7 cm³/mol. The highest BCUT2D eigenvalue weighted by molar-refractivity contribution is 5.95. The third-order valence-electron chi connectivity index (χ3n) is 3.18. The van der Waals surface area contributed by atoms with E-state index in [1.165, 1.54) is 0 Å². The zero-order valence-corrected chi connectivity index (χ0v) is 11.9. The molecule has 1 heterocycles. The topological polar surface area (TPSA) is 62.5 Å². The Labute approximate surface area is 118 Å². The van der Waals surface area contributed by atoms with E-state index in [-0.39, 0.29) is 12.5 Å². The number of carbonyl (C=O) groups excluding carboxylic acids is 1. The zero-order chi connectivity index (χ0) is 14.7.